The van der Waals surface area contributed by atoms with Gasteiger partial charge in [0, 0.05) is 10.9 Å². The lowest BCUT2D eigenvalue weighted by molar-refractivity contribution is 0.0599. The van der Waals surface area contributed by atoms with Gasteiger partial charge in [-0.25, -0.2) is 14.6 Å². The number of benzene rings is 3. The predicted molar refractivity (Wildman–Crippen MR) is 156 cm³/mol. The fourth-order valence-electron chi connectivity index (χ4n) is 5.32. The molecule has 5 rings (SSSR count). The van der Waals surface area contributed by atoms with Gasteiger partial charge < -0.3 is 14.6 Å². The Morgan fingerprint density at radius 2 is 1.68 bits per heavy atom. The van der Waals surface area contributed by atoms with Crippen molar-refractivity contribution in [2.24, 2.45) is 11.3 Å². The van der Waals surface area contributed by atoms with Gasteiger partial charge in [-0.05, 0) is 71.2 Å². The number of pyridine rings is 1. The largest absolute Gasteiger partial charge is 0.488 e. The molecular formula is C34H33NO5. The molecule has 6 nitrogen and oxygen atoms in total. The molecule has 1 unspecified atom stereocenters. The summed E-state index contributed by atoms with van der Waals surface area (Å²) in [4.78, 5) is 29.3. The van der Waals surface area contributed by atoms with Gasteiger partial charge in [0.05, 0.1) is 29.4 Å². The average molecular weight is 536 g/mol. The lowest BCUT2D eigenvalue weighted by Gasteiger charge is -2.36. The topological polar surface area (TPSA) is 85.7 Å². The number of carbonyl (C=O) groups is 2. The van der Waals surface area contributed by atoms with E-state index in [1.807, 2.05) is 60.7 Å². The van der Waals surface area contributed by atoms with Crippen molar-refractivity contribution >= 4 is 34.5 Å². The van der Waals surface area contributed by atoms with Crippen LogP contribution in [0, 0.1) is 11.3 Å². The van der Waals surface area contributed by atoms with E-state index in [1.165, 1.54) is 7.11 Å². The Morgan fingerprint density at radius 1 is 0.975 bits per heavy atom. The van der Waals surface area contributed by atoms with E-state index in [4.69, 9.17) is 14.5 Å². The number of esters is 1. The Labute approximate surface area is 234 Å². The molecule has 1 aliphatic rings. The molecule has 0 amide bonds. The van der Waals surface area contributed by atoms with Crippen LogP contribution in [0.25, 0.3) is 22.6 Å². The molecule has 0 aliphatic heterocycles. The molecule has 1 aromatic heterocycles. The van der Waals surface area contributed by atoms with Gasteiger partial charge in [-0.1, -0.05) is 69.3 Å². The van der Waals surface area contributed by atoms with Crippen LogP contribution < -0.4 is 4.74 Å². The molecule has 1 heterocycles. The van der Waals surface area contributed by atoms with Crippen LogP contribution in [0.2, 0.25) is 0 Å². The summed E-state index contributed by atoms with van der Waals surface area (Å²) in [5.74, 6) is -0.344. The minimum atomic E-state index is -0.925. The SMILES string of the molecule is COC(=O)c1ccc(COc2ccccc2/C=C2\CC(C(C)(C)C)Cc3c2nc2ccccc2c3C(=O)O)cc1. The molecule has 0 bridgehead atoms. The number of nitrogens with zero attached hydrogens (tertiary/aromatic N) is 1. The van der Waals surface area contributed by atoms with E-state index in [0.29, 0.717) is 40.8 Å². The highest BCUT2D eigenvalue weighted by atomic mass is 16.5. The third-order valence-corrected chi connectivity index (χ3v) is 7.67. The van der Waals surface area contributed by atoms with Gasteiger partial charge in [0.25, 0.3) is 0 Å². The fraction of sp³-hybridized carbons (Fsp3) is 0.265. The van der Waals surface area contributed by atoms with Crippen LogP contribution in [0.15, 0.2) is 72.8 Å². The van der Waals surface area contributed by atoms with Gasteiger partial charge in [0.1, 0.15) is 12.4 Å². The summed E-state index contributed by atoms with van der Waals surface area (Å²) in [7, 11) is 1.36. The zero-order valence-corrected chi connectivity index (χ0v) is 23.2. The number of rotatable bonds is 6. The van der Waals surface area contributed by atoms with Crippen LogP contribution in [0.4, 0.5) is 0 Å². The normalized spacial score (nSPS) is 16.0. The molecule has 3 aromatic carbocycles. The number of carboxylic acids is 1. The summed E-state index contributed by atoms with van der Waals surface area (Å²) < 4.78 is 11.0. The Bertz CT molecular complexity index is 1610. The van der Waals surface area contributed by atoms with Gasteiger partial charge in [0.2, 0.25) is 0 Å². The first-order chi connectivity index (χ1) is 19.2. The summed E-state index contributed by atoms with van der Waals surface area (Å²) in [6.07, 6.45) is 3.54. The summed E-state index contributed by atoms with van der Waals surface area (Å²) in [5, 5.41) is 11.0. The highest BCUT2D eigenvalue weighted by Crippen LogP contribution is 2.45. The van der Waals surface area contributed by atoms with Crippen molar-refractivity contribution in [2.45, 2.75) is 40.2 Å². The zero-order valence-electron chi connectivity index (χ0n) is 23.2. The molecule has 0 radical (unpaired) electrons. The number of carbonyl (C=O) groups excluding carboxylic acids is 1. The van der Waals surface area contributed by atoms with Crippen molar-refractivity contribution in [3.8, 4) is 5.75 Å². The van der Waals surface area contributed by atoms with E-state index >= 15 is 0 Å². The molecular weight excluding hydrogens is 502 g/mol. The molecule has 6 heteroatoms. The molecule has 0 fully saturated rings. The minimum Gasteiger partial charge on any atom is -0.488 e. The number of hydrogen-bond acceptors (Lipinski definition) is 5. The molecule has 0 saturated heterocycles. The second-order valence-electron chi connectivity index (χ2n) is 11.3. The maximum absolute atomic E-state index is 12.6. The van der Waals surface area contributed by atoms with Crippen LogP contribution >= 0.6 is 0 Å². The molecule has 0 saturated carbocycles. The lowest BCUT2D eigenvalue weighted by atomic mass is 9.69. The highest BCUT2D eigenvalue weighted by Gasteiger charge is 2.35. The van der Waals surface area contributed by atoms with Gasteiger partial charge >= 0.3 is 11.9 Å². The number of para-hydroxylation sites is 2. The maximum Gasteiger partial charge on any atom is 0.337 e. The first-order valence-electron chi connectivity index (χ1n) is 13.4. The number of ether oxygens (including phenoxy) is 2. The number of hydrogen-bond donors (Lipinski definition) is 1. The number of aromatic nitrogens is 1. The van der Waals surface area contributed by atoms with E-state index in [0.717, 1.165) is 34.4 Å². The van der Waals surface area contributed by atoms with Crippen molar-refractivity contribution in [3.63, 3.8) is 0 Å². The van der Waals surface area contributed by atoms with Gasteiger partial charge in [-0.15, -0.1) is 0 Å². The van der Waals surface area contributed by atoms with Gasteiger partial charge in [0.15, 0.2) is 0 Å². The summed E-state index contributed by atoms with van der Waals surface area (Å²) in [6, 6.07) is 22.4. The van der Waals surface area contributed by atoms with Crippen LogP contribution in [-0.4, -0.2) is 29.1 Å². The predicted octanol–water partition coefficient (Wildman–Crippen LogP) is 7.45. The van der Waals surface area contributed by atoms with Crippen molar-refractivity contribution < 1.29 is 24.2 Å². The van der Waals surface area contributed by atoms with E-state index in [9.17, 15) is 14.7 Å². The zero-order chi connectivity index (χ0) is 28.4. The van der Waals surface area contributed by atoms with Gasteiger partial charge in [-0.3, -0.25) is 0 Å². The van der Waals surface area contributed by atoms with Crippen molar-refractivity contribution in [2.75, 3.05) is 7.11 Å². The second kappa shape index (κ2) is 11.0. The Hall–Kier alpha value is -4.45. The van der Waals surface area contributed by atoms with Crippen LogP contribution in [0.5, 0.6) is 5.75 Å². The molecule has 1 N–H and O–H groups in total. The molecule has 4 aromatic rings. The number of fused-ring (bicyclic) bond motifs is 2. The van der Waals surface area contributed by atoms with Crippen LogP contribution in [0.1, 0.15) is 70.3 Å². The number of methoxy groups -OCH3 is 1. The van der Waals surface area contributed by atoms with Crippen LogP contribution in [-0.2, 0) is 17.8 Å². The first-order valence-corrected chi connectivity index (χ1v) is 13.4. The molecule has 40 heavy (non-hydrogen) atoms. The standard InChI is InChI=1S/C34H33NO5/c1-34(2,3)25-18-24(31-27(19-25)30(32(36)37)26-10-6-7-11-28(26)35-31)17-23-9-5-8-12-29(23)40-20-21-13-15-22(16-14-21)33(38)39-4/h5-17,25H,18-20H2,1-4H3,(H,36,37)/b24-17+. The van der Waals surface area contributed by atoms with E-state index < -0.39 is 5.97 Å². The number of carboxylic acid groups (broad SMARTS) is 1. The van der Waals surface area contributed by atoms with Crippen molar-refractivity contribution in [1.82, 2.24) is 4.98 Å². The van der Waals surface area contributed by atoms with E-state index in [-0.39, 0.29) is 17.3 Å². The maximum atomic E-state index is 12.6. The summed E-state index contributed by atoms with van der Waals surface area (Å²) >= 11 is 0. The highest BCUT2D eigenvalue weighted by molar-refractivity contribution is 6.06. The quantitative estimate of drug-likeness (QED) is 0.258. The lowest BCUT2D eigenvalue weighted by Crippen LogP contribution is -2.28. The van der Waals surface area contributed by atoms with Gasteiger partial charge in [-0.2, -0.15) is 0 Å². The monoisotopic (exact) mass is 535 g/mol. The van der Waals surface area contributed by atoms with Crippen molar-refractivity contribution in [1.29, 1.82) is 0 Å². The molecule has 1 aliphatic carbocycles. The minimum absolute atomic E-state index is 0.0232. The van der Waals surface area contributed by atoms with E-state index in [1.54, 1.807) is 12.1 Å². The Kier molecular flexibility index (Phi) is 7.44. The number of allylic oxidation sites excluding steroid dienone is 1. The first kappa shape index (κ1) is 27.1. The number of aromatic carboxylic acids is 1. The second-order valence-corrected chi connectivity index (χ2v) is 11.3. The molecule has 1 atom stereocenters. The smallest absolute Gasteiger partial charge is 0.337 e. The Balaban J connectivity index is 1.55. The van der Waals surface area contributed by atoms with Crippen molar-refractivity contribution in [3.05, 3.63) is 106 Å². The molecule has 0 spiro atoms. The fourth-order valence-corrected chi connectivity index (χ4v) is 5.32. The Morgan fingerprint density at radius 3 is 2.38 bits per heavy atom. The average Bonchev–Trinajstić information content (AvgIpc) is 2.94. The summed E-state index contributed by atoms with van der Waals surface area (Å²) in [6.45, 7) is 6.95. The van der Waals surface area contributed by atoms with E-state index in [2.05, 4.69) is 26.8 Å². The molecule has 204 valence electrons. The summed E-state index contributed by atoms with van der Waals surface area (Å²) in [5.41, 5.74) is 5.87. The third-order valence-electron chi connectivity index (χ3n) is 7.67. The van der Waals surface area contributed by atoms with Crippen LogP contribution in [0.3, 0.4) is 0 Å². The third kappa shape index (κ3) is 5.48.